The third-order valence-electron chi connectivity index (χ3n) is 2.99. The molecule has 0 spiro atoms. The minimum atomic E-state index is -3.40. The van der Waals surface area contributed by atoms with E-state index in [9.17, 15) is 13.6 Å². The maximum Gasteiger partial charge on any atom is 0.321 e. The highest BCUT2D eigenvalue weighted by Crippen LogP contribution is 2.16. The van der Waals surface area contributed by atoms with E-state index in [1.807, 2.05) is 6.07 Å². The molecule has 1 amide bonds. The van der Waals surface area contributed by atoms with Crippen LogP contribution in [0.3, 0.4) is 0 Å². The molecule has 2 aromatic rings. The number of carbonyl (C=O) groups is 1. The van der Waals surface area contributed by atoms with Crippen LogP contribution < -0.4 is 5.32 Å². The number of aromatic nitrogens is 2. The molecule has 1 unspecified atom stereocenters. The Bertz CT molecular complexity index is 712. The van der Waals surface area contributed by atoms with E-state index in [-0.39, 0.29) is 6.54 Å². The first-order chi connectivity index (χ1) is 9.81. The van der Waals surface area contributed by atoms with Gasteiger partial charge < -0.3 is 5.32 Å². The molecule has 0 saturated heterocycles. The zero-order valence-electron chi connectivity index (χ0n) is 11.6. The van der Waals surface area contributed by atoms with Gasteiger partial charge in [0.15, 0.2) is 0 Å². The number of alkyl halides is 2. The summed E-state index contributed by atoms with van der Waals surface area (Å²) >= 11 is 0. The van der Waals surface area contributed by atoms with Gasteiger partial charge in [0.05, 0.1) is 29.9 Å². The first kappa shape index (κ1) is 14.9. The van der Waals surface area contributed by atoms with E-state index in [0.717, 1.165) is 10.9 Å². The summed E-state index contributed by atoms with van der Waals surface area (Å²) in [5.41, 5.74) is 1.30. The number of fused-ring (bicyclic) bond motifs is 1. The van der Waals surface area contributed by atoms with Gasteiger partial charge >= 0.3 is 5.92 Å². The molecule has 0 aliphatic rings. The number of nitrogens with zero attached hydrogens (tertiary/aromatic N) is 3. The highest BCUT2D eigenvalue weighted by Gasteiger charge is 2.32. The molecule has 0 aliphatic heterocycles. The molecular weight excluding hydrogens is 278 g/mol. The summed E-state index contributed by atoms with van der Waals surface area (Å²) in [6, 6.07) is 6.63. The molecule has 5 nitrogen and oxygen atoms in total. The van der Waals surface area contributed by atoms with Crippen LogP contribution in [0.25, 0.3) is 10.9 Å². The Hall–Kier alpha value is -2.49. The van der Waals surface area contributed by atoms with Crippen LogP contribution >= 0.6 is 0 Å². The fourth-order valence-electron chi connectivity index (χ4n) is 1.96. The Kier molecular flexibility index (Phi) is 3.89. The second kappa shape index (κ2) is 5.48. The number of carbonyl (C=O) groups excluding carboxylic acids is 1. The van der Waals surface area contributed by atoms with Crippen molar-refractivity contribution in [2.24, 2.45) is 0 Å². The Morgan fingerprint density at radius 1 is 1.57 bits per heavy atom. The van der Waals surface area contributed by atoms with Crippen molar-refractivity contribution in [1.29, 1.82) is 5.26 Å². The predicted molar refractivity (Wildman–Crippen MR) is 72.7 cm³/mol. The number of hydrogen-bond acceptors (Lipinski definition) is 3. The Morgan fingerprint density at radius 3 is 2.90 bits per heavy atom. The van der Waals surface area contributed by atoms with Gasteiger partial charge in [-0.3, -0.25) is 9.48 Å². The standard InChI is InChI=1S/C14H14F2N4O/c1-9(19-13(21)14(2,15)16)8-20-12-4-3-10(6-17)5-11(12)7-18-20/h3-5,7,9H,8H2,1-2H3,(H,19,21). The SMILES string of the molecule is CC(Cn1ncc2cc(C#N)ccc21)NC(=O)C(C)(F)F. The predicted octanol–water partition coefficient (Wildman–Crippen LogP) is 2.07. The average molecular weight is 292 g/mol. The van der Waals surface area contributed by atoms with E-state index < -0.39 is 17.9 Å². The zero-order chi connectivity index (χ0) is 15.6. The van der Waals surface area contributed by atoms with Gasteiger partial charge in [0.2, 0.25) is 0 Å². The van der Waals surface area contributed by atoms with Crippen molar-refractivity contribution >= 4 is 16.8 Å². The monoisotopic (exact) mass is 292 g/mol. The first-order valence-corrected chi connectivity index (χ1v) is 6.35. The second-order valence-corrected chi connectivity index (χ2v) is 4.97. The van der Waals surface area contributed by atoms with E-state index in [2.05, 4.69) is 10.4 Å². The fourth-order valence-corrected chi connectivity index (χ4v) is 1.96. The van der Waals surface area contributed by atoms with E-state index in [1.54, 1.807) is 36.0 Å². The summed E-state index contributed by atoms with van der Waals surface area (Å²) in [6.07, 6.45) is 1.60. The lowest BCUT2D eigenvalue weighted by Crippen LogP contribution is -2.44. The number of nitriles is 1. The summed E-state index contributed by atoms with van der Waals surface area (Å²) < 4.78 is 27.3. The van der Waals surface area contributed by atoms with E-state index in [1.165, 1.54) is 0 Å². The highest BCUT2D eigenvalue weighted by molar-refractivity contribution is 5.83. The van der Waals surface area contributed by atoms with Gasteiger partial charge in [-0.2, -0.15) is 19.1 Å². The van der Waals surface area contributed by atoms with Crippen molar-refractivity contribution in [2.45, 2.75) is 32.4 Å². The summed E-state index contributed by atoms with van der Waals surface area (Å²) in [7, 11) is 0. The molecule has 1 N–H and O–H groups in total. The van der Waals surface area contributed by atoms with Crippen LogP contribution in [0.5, 0.6) is 0 Å². The van der Waals surface area contributed by atoms with Gasteiger partial charge in [-0.1, -0.05) is 0 Å². The number of hydrogen-bond donors (Lipinski definition) is 1. The van der Waals surface area contributed by atoms with Crippen LogP contribution in [0.4, 0.5) is 8.78 Å². The average Bonchev–Trinajstić information content (AvgIpc) is 2.79. The largest absolute Gasteiger partial charge is 0.347 e. The van der Waals surface area contributed by atoms with Gasteiger partial charge in [0.1, 0.15) is 0 Å². The van der Waals surface area contributed by atoms with Crippen LogP contribution in [0.2, 0.25) is 0 Å². The molecule has 1 heterocycles. The van der Waals surface area contributed by atoms with Gasteiger partial charge in [0.25, 0.3) is 5.91 Å². The first-order valence-electron chi connectivity index (χ1n) is 6.35. The van der Waals surface area contributed by atoms with Crippen LogP contribution in [0, 0.1) is 11.3 Å². The lowest BCUT2D eigenvalue weighted by molar-refractivity contribution is -0.143. The van der Waals surface area contributed by atoms with Crippen molar-refractivity contribution in [1.82, 2.24) is 15.1 Å². The van der Waals surface area contributed by atoms with Crippen molar-refractivity contribution < 1.29 is 13.6 Å². The van der Waals surface area contributed by atoms with Crippen LogP contribution in [0.15, 0.2) is 24.4 Å². The molecule has 7 heteroatoms. The summed E-state index contributed by atoms with van der Waals surface area (Å²) in [4.78, 5) is 11.2. The van der Waals surface area contributed by atoms with Gasteiger partial charge in [-0.25, -0.2) is 0 Å². The molecule has 2 rings (SSSR count). The third kappa shape index (κ3) is 3.34. The van der Waals surface area contributed by atoms with Crippen molar-refractivity contribution in [3.8, 4) is 6.07 Å². The van der Waals surface area contributed by atoms with Crippen LogP contribution in [-0.4, -0.2) is 27.7 Å². The lowest BCUT2D eigenvalue weighted by atomic mass is 10.2. The molecule has 1 atom stereocenters. The van der Waals surface area contributed by atoms with Crippen molar-refractivity contribution in [3.63, 3.8) is 0 Å². The Labute approximate surface area is 120 Å². The molecule has 1 aromatic carbocycles. The van der Waals surface area contributed by atoms with Crippen LogP contribution in [0.1, 0.15) is 19.4 Å². The van der Waals surface area contributed by atoms with Gasteiger partial charge in [0, 0.05) is 18.4 Å². The maximum atomic E-state index is 12.8. The highest BCUT2D eigenvalue weighted by atomic mass is 19.3. The van der Waals surface area contributed by atoms with Crippen molar-refractivity contribution in [3.05, 3.63) is 30.0 Å². The quantitative estimate of drug-likeness (QED) is 0.937. The minimum Gasteiger partial charge on any atom is -0.347 e. The molecule has 0 radical (unpaired) electrons. The second-order valence-electron chi connectivity index (χ2n) is 4.97. The molecule has 0 saturated carbocycles. The number of halogens is 2. The minimum absolute atomic E-state index is 0.261. The number of amides is 1. The smallest absolute Gasteiger partial charge is 0.321 e. The zero-order valence-corrected chi connectivity index (χ0v) is 11.6. The maximum absolute atomic E-state index is 12.8. The number of benzene rings is 1. The Balaban J connectivity index is 2.13. The molecular formula is C14H14F2N4O. The molecule has 21 heavy (non-hydrogen) atoms. The molecule has 1 aromatic heterocycles. The lowest BCUT2D eigenvalue weighted by Gasteiger charge is -2.17. The summed E-state index contributed by atoms with van der Waals surface area (Å²) in [5, 5.41) is 16.0. The van der Waals surface area contributed by atoms with Crippen LogP contribution in [-0.2, 0) is 11.3 Å². The summed E-state index contributed by atoms with van der Waals surface area (Å²) in [6.45, 7) is 2.44. The van der Waals surface area contributed by atoms with E-state index in [0.29, 0.717) is 12.5 Å². The molecule has 0 fully saturated rings. The topological polar surface area (TPSA) is 70.7 Å². The summed E-state index contributed by atoms with van der Waals surface area (Å²) in [5.74, 6) is -4.71. The molecule has 110 valence electrons. The van der Waals surface area contributed by atoms with E-state index in [4.69, 9.17) is 5.26 Å². The van der Waals surface area contributed by atoms with Gasteiger partial charge in [-0.15, -0.1) is 0 Å². The van der Waals surface area contributed by atoms with Crippen molar-refractivity contribution in [2.75, 3.05) is 0 Å². The normalized spacial score (nSPS) is 12.9. The fraction of sp³-hybridized carbons (Fsp3) is 0.357. The van der Waals surface area contributed by atoms with Gasteiger partial charge in [-0.05, 0) is 25.1 Å². The third-order valence-corrected chi connectivity index (χ3v) is 2.99. The van der Waals surface area contributed by atoms with E-state index >= 15 is 0 Å². The number of rotatable bonds is 4. The molecule has 0 aliphatic carbocycles. The Morgan fingerprint density at radius 2 is 2.29 bits per heavy atom. The number of nitrogens with one attached hydrogen (secondary N) is 1. The molecule has 0 bridgehead atoms.